The van der Waals surface area contributed by atoms with Crippen molar-refractivity contribution in [2.75, 3.05) is 12.4 Å². The number of carbonyl (C=O) groups is 3. The number of carboxylic acids is 1. The summed E-state index contributed by atoms with van der Waals surface area (Å²) in [5.41, 5.74) is 2.04. The van der Waals surface area contributed by atoms with Crippen molar-refractivity contribution >= 4 is 29.2 Å². The largest absolute Gasteiger partial charge is 0.497 e. The van der Waals surface area contributed by atoms with Gasteiger partial charge in [-0.3, -0.25) is 19.7 Å². The zero-order valence-electron chi connectivity index (χ0n) is 23.0. The van der Waals surface area contributed by atoms with Gasteiger partial charge < -0.3 is 20.5 Å². The Morgan fingerprint density at radius 2 is 1.63 bits per heavy atom. The molecule has 1 unspecified atom stereocenters. The van der Waals surface area contributed by atoms with Crippen LogP contribution in [-0.4, -0.2) is 41.0 Å². The van der Waals surface area contributed by atoms with Crippen LogP contribution in [0.15, 0.2) is 66.7 Å². The molecule has 2 amide bonds. The van der Waals surface area contributed by atoms with Crippen LogP contribution >= 0.6 is 0 Å². The van der Waals surface area contributed by atoms with E-state index < -0.39 is 28.3 Å². The van der Waals surface area contributed by atoms with Crippen LogP contribution in [-0.2, 0) is 22.4 Å². The number of nitro groups is 1. The van der Waals surface area contributed by atoms with Gasteiger partial charge in [0.2, 0.25) is 5.91 Å². The molecule has 10 nitrogen and oxygen atoms in total. The smallest absolute Gasteiger partial charge is 0.326 e. The molecule has 0 radical (unpaired) electrons. The maximum Gasteiger partial charge on any atom is 0.326 e. The fourth-order valence-corrected chi connectivity index (χ4v) is 5.31. The first kappa shape index (κ1) is 29.3. The molecule has 0 saturated heterocycles. The first-order chi connectivity index (χ1) is 19.6. The molecule has 1 fully saturated rings. The van der Waals surface area contributed by atoms with Crippen LogP contribution in [0.1, 0.15) is 52.7 Å². The number of aliphatic carboxylic acids is 1. The highest BCUT2D eigenvalue weighted by Crippen LogP contribution is 2.41. The second kappa shape index (κ2) is 12.6. The van der Waals surface area contributed by atoms with Crippen LogP contribution in [0, 0.1) is 22.5 Å². The van der Waals surface area contributed by atoms with Gasteiger partial charge in [0.15, 0.2) is 0 Å². The summed E-state index contributed by atoms with van der Waals surface area (Å²) in [4.78, 5) is 48.9. The summed E-state index contributed by atoms with van der Waals surface area (Å²) in [5.74, 6) is -1.15. The number of ether oxygens (including phenoxy) is 1. The monoisotopic (exact) mass is 559 g/mol. The molecular formula is C31H33N3O7. The van der Waals surface area contributed by atoms with Crippen LogP contribution in [0.4, 0.5) is 11.4 Å². The van der Waals surface area contributed by atoms with Crippen molar-refractivity contribution in [3.8, 4) is 5.75 Å². The molecule has 41 heavy (non-hydrogen) atoms. The lowest BCUT2D eigenvalue weighted by molar-refractivity contribution is -0.384. The Bertz CT molecular complexity index is 1430. The van der Waals surface area contributed by atoms with Gasteiger partial charge in [0.1, 0.15) is 11.8 Å². The Labute approximate surface area is 237 Å². The molecule has 0 bridgehead atoms. The molecule has 3 N–H and O–H groups in total. The number of nitro benzene ring substituents is 1. The highest BCUT2D eigenvalue weighted by molar-refractivity contribution is 6.05. The molecule has 214 valence electrons. The van der Waals surface area contributed by atoms with E-state index >= 15 is 0 Å². The predicted octanol–water partition coefficient (Wildman–Crippen LogP) is 5.08. The minimum atomic E-state index is -1.13. The standard InChI is InChI=1S/C31H33N3O7/c1-20-5-12-24(34(39)40)18-26(20)28(35)32-23-10-6-21(7-11-23)17-27(29(36)37)33-30(38)31(15-3-4-16-31)19-22-8-13-25(41-2)14-9-22/h5-14,18,27H,3-4,15-17,19H2,1-2H3,(H,32,35)(H,33,38)(H,36,37). The van der Waals surface area contributed by atoms with Crippen molar-refractivity contribution in [3.05, 3.63) is 99.1 Å². The second-order valence-electron chi connectivity index (χ2n) is 10.5. The highest BCUT2D eigenvalue weighted by atomic mass is 16.6. The molecule has 4 rings (SSSR count). The number of nitrogens with zero attached hydrogens (tertiary/aromatic N) is 1. The van der Waals surface area contributed by atoms with Crippen LogP contribution < -0.4 is 15.4 Å². The van der Waals surface area contributed by atoms with Crippen molar-refractivity contribution in [1.82, 2.24) is 5.32 Å². The van der Waals surface area contributed by atoms with E-state index in [9.17, 15) is 29.6 Å². The fourth-order valence-electron chi connectivity index (χ4n) is 5.31. The van der Waals surface area contributed by atoms with E-state index in [0.29, 0.717) is 36.1 Å². The third-order valence-corrected chi connectivity index (χ3v) is 7.68. The third-order valence-electron chi connectivity index (χ3n) is 7.68. The van der Waals surface area contributed by atoms with E-state index in [1.807, 2.05) is 24.3 Å². The number of aryl methyl sites for hydroxylation is 1. The normalized spacial score (nSPS) is 14.6. The van der Waals surface area contributed by atoms with Gasteiger partial charge >= 0.3 is 5.97 Å². The van der Waals surface area contributed by atoms with Crippen molar-refractivity contribution < 1.29 is 29.2 Å². The molecule has 1 saturated carbocycles. The number of carboxylic acid groups (broad SMARTS) is 1. The van der Waals surface area contributed by atoms with Gasteiger partial charge in [-0.05, 0) is 67.1 Å². The van der Waals surface area contributed by atoms with Gasteiger partial charge in [0.25, 0.3) is 11.6 Å². The van der Waals surface area contributed by atoms with E-state index in [-0.39, 0.29) is 23.6 Å². The molecule has 0 spiro atoms. The lowest BCUT2D eigenvalue weighted by Gasteiger charge is -2.29. The van der Waals surface area contributed by atoms with Gasteiger partial charge in [0, 0.05) is 29.8 Å². The van der Waals surface area contributed by atoms with Crippen molar-refractivity contribution in [2.24, 2.45) is 5.41 Å². The molecule has 1 atom stereocenters. The molecule has 3 aromatic carbocycles. The third kappa shape index (κ3) is 7.08. The number of benzene rings is 3. The summed E-state index contributed by atoms with van der Waals surface area (Å²) in [5, 5.41) is 26.5. The van der Waals surface area contributed by atoms with Crippen LogP contribution in [0.25, 0.3) is 0 Å². The number of amides is 2. The molecule has 1 aliphatic rings. The molecule has 0 aromatic heterocycles. The van der Waals surface area contributed by atoms with Gasteiger partial charge in [-0.15, -0.1) is 0 Å². The van der Waals surface area contributed by atoms with Crippen molar-refractivity contribution in [2.45, 2.75) is 51.5 Å². The summed E-state index contributed by atoms with van der Waals surface area (Å²) in [6, 6.07) is 17.2. The Morgan fingerprint density at radius 3 is 2.22 bits per heavy atom. The second-order valence-corrected chi connectivity index (χ2v) is 10.5. The Kier molecular flexibility index (Phi) is 9.01. The topological polar surface area (TPSA) is 148 Å². The summed E-state index contributed by atoms with van der Waals surface area (Å²) in [7, 11) is 1.60. The summed E-state index contributed by atoms with van der Waals surface area (Å²) >= 11 is 0. The van der Waals surface area contributed by atoms with Crippen LogP contribution in [0.3, 0.4) is 0 Å². The molecule has 0 aliphatic heterocycles. The minimum absolute atomic E-state index is 0.0674. The number of rotatable bonds is 11. The predicted molar refractivity (Wildman–Crippen MR) is 153 cm³/mol. The number of hydrogen-bond acceptors (Lipinski definition) is 6. The number of nitrogens with one attached hydrogen (secondary N) is 2. The lowest BCUT2D eigenvalue weighted by Crippen LogP contribution is -2.49. The average molecular weight is 560 g/mol. The van der Waals surface area contributed by atoms with E-state index in [1.165, 1.54) is 18.2 Å². The molecule has 10 heteroatoms. The molecule has 3 aromatic rings. The average Bonchev–Trinajstić information content (AvgIpc) is 3.43. The first-order valence-corrected chi connectivity index (χ1v) is 13.4. The minimum Gasteiger partial charge on any atom is -0.497 e. The maximum atomic E-state index is 13.5. The summed E-state index contributed by atoms with van der Waals surface area (Å²) in [6.07, 6.45) is 3.78. The van der Waals surface area contributed by atoms with Gasteiger partial charge in [-0.1, -0.05) is 43.2 Å². The Balaban J connectivity index is 1.42. The lowest BCUT2D eigenvalue weighted by atomic mass is 9.78. The zero-order valence-corrected chi connectivity index (χ0v) is 23.0. The zero-order chi connectivity index (χ0) is 29.6. The summed E-state index contributed by atoms with van der Waals surface area (Å²) in [6.45, 7) is 1.69. The number of hydrogen-bond donors (Lipinski definition) is 3. The van der Waals surface area contributed by atoms with Gasteiger partial charge in [-0.25, -0.2) is 4.79 Å². The van der Waals surface area contributed by atoms with E-state index in [2.05, 4.69) is 10.6 Å². The van der Waals surface area contributed by atoms with Gasteiger partial charge in [0.05, 0.1) is 17.4 Å². The number of non-ortho nitro benzene ring substituents is 1. The number of carbonyl (C=O) groups excluding carboxylic acids is 2. The van der Waals surface area contributed by atoms with Crippen LogP contribution in [0.5, 0.6) is 5.75 Å². The Hall–Kier alpha value is -4.73. The van der Waals surface area contributed by atoms with Gasteiger partial charge in [-0.2, -0.15) is 0 Å². The van der Waals surface area contributed by atoms with Crippen molar-refractivity contribution in [3.63, 3.8) is 0 Å². The molecule has 0 heterocycles. The fraction of sp³-hybridized carbons (Fsp3) is 0.323. The van der Waals surface area contributed by atoms with E-state index in [1.54, 1.807) is 38.3 Å². The van der Waals surface area contributed by atoms with E-state index in [4.69, 9.17) is 4.74 Å². The first-order valence-electron chi connectivity index (χ1n) is 13.4. The molecular weight excluding hydrogens is 526 g/mol. The number of methoxy groups -OCH3 is 1. The van der Waals surface area contributed by atoms with E-state index in [0.717, 1.165) is 24.2 Å². The summed E-state index contributed by atoms with van der Waals surface area (Å²) < 4.78 is 5.22. The van der Waals surface area contributed by atoms with Crippen LogP contribution in [0.2, 0.25) is 0 Å². The van der Waals surface area contributed by atoms with Crippen molar-refractivity contribution in [1.29, 1.82) is 0 Å². The highest BCUT2D eigenvalue weighted by Gasteiger charge is 2.42. The quantitative estimate of drug-likeness (QED) is 0.219. The Morgan fingerprint density at radius 1 is 1.00 bits per heavy atom. The SMILES string of the molecule is COc1ccc(CC2(C(=O)NC(Cc3ccc(NC(=O)c4cc([N+](=O)[O-])ccc4C)cc3)C(=O)O)CCCC2)cc1. The molecule has 1 aliphatic carbocycles. The maximum absolute atomic E-state index is 13.5. The number of anilines is 1.